The monoisotopic (exact) mass is 306 g/mol. The summed E-state index contributed by atoms with van der Waals surface area (Å²) >= 11 is 0. The summed E-state index contributed by atoms with van der Waals surface area (Å²) in [6, 6.07) is 1.50. The molecule has 0 spiro atoms. The van der Waals surface area contributed by atoms with Crippen LogP contribution in [-0.2, 0) is 19.5 Å². The Morgan fingerprint density at radius 2 is 2.27 bits per heavy atom. The molecule has 0 aliphatic heterocycles. The van der Waals surface area contributed by atoms with Crippen LogP contribution in [0.3, 0.4) is 0 Å². The van der Waals surface area contributed by atoms with Gasteiger partial charge in [0.15, 0.2) is 11.6 Å². The zero-order valence-corrected chi connectivity index (χ0v) is 13.2. The van der Waals surface area contributed by atoms with Gasteiger partial charge in [-0.25, -0.2) is 4.79 Å². The molecule has 0 radical (unpaired) electrons. The Kier molecular flexibility index (Phi) is 5.51. The smallest absolute Gasteiger partial charge is 0.320 e. The Labute approximate surface area is 129 Å². The molecule has 0 saturated heterocycles. The van der Waals surface area contributed by atoms with Crippen LogP contribution in [0.5, 0.6) is 0 Å². The number of anilines is 1. The molecule has 0 aliphatic carbocycles. The fourth-order valence-corrected chi connectivity index (χ4v) is 1.98. The van der Waals surface area contributed by atoms with E-state index >= 15 is 0 Å². The van der Waals surface area contributed by atoms with Crippen LogP contribution >= 0.6 is 0 Å². The second-order valence-electron chi connectivity index (χ2n) is 5.56. The molecule has 0 unspecified atom stereocenters. The van der Waals surface area contributed by atoms with Crippen molar-refractivity contribution in [2.24, 2.45) is 5.92 Å². The minimum Gasteiger partial charge on any atom is -0.359 e. The molecule has 120 valence electrons. The van der Waals surface area contributed by atoms with Gasteiger partial charge in [-0.05, 0) is 18.8 Å². The fraction of sp³-hybridized carbons (Fsp3) is 0.571. The van der Waals surface area contributed by atoms with Crippen molar-refractivity contribution in [2.75, 3.05) is 5.32 Å². The van der Waals surface area contributed by atoms with Crippen molar-refractivity contribution in [1.29, 1.82) is 0 Å². The summed E-state index contributed by atoms with van der Waals surface area (Å²) in [5.74, 6) is 1.56. The molecule has 0 bridgehead atoms. The first kappa shape index (κ1) is 16.0. The third kappa shape index (κ3) is 4.87. The number of aryl methyl sites for hydroxylation is 1. The minimum absolute atomic E-state index is 0.278. The molecular formula is C14H22N6O2. The molecule has 22 heavy (non-hydrogen) atoms. The van der Waals surface area contributed by atoms with Crippen LogP contribution < -0.4 is 10.6 Å². The standard InChI is InChI=1S/C14H22N6O2/c1-4-5-20-9-13(17-19-20)16-14(21)15-8-12-7-11(18-22-12)6-10(2)3/h7,9-10H,4-6,8H2,1-3H3,(H2,15,16,21). The Morgan fingerprint density at radius 3 is 3.00 bits per heavy atom. The van der Waals surface area contributed by atoms with E-state index < -0.39 is 0 Å². The molecule has 2 rings (SSSR count). The Hall–Kier alpha value is -2.38. The van der Waals surface area contributed by atoms with Crippen LogP contribution in [0, 0.1) is 5.92 Å². The van der Waals surface area contributed by atoms with E-state index in [1.54, 1.807) is 10.9 Å². The van der Waals surface area contributed by atoms with Crippen molar-refractivity contribution in [2.45, 2.75) is 46.7 Å². The van der Waals surface area contributed by atoms with Gasteiger partial charge in [0.1, 0.15) is 0 Å². The van der Waals surface area contributed by atoms with Crippen molar-refractivity contribution < 1.29 is 9.32 Å². The lowest BCUT2D eigenvalue weighted by Crippen LogP contribution is -2.28. The van der Waals surface area contributed by atoms with Crippen molar-refractivity contribution in [3.8, 4) is 0 Å². The number of hydrogen-bond acceptors (Lipinski definition) is 5. The van der Waals surface area contributed by atoms with E-state index in [9.17, 15) is 4.79 Å². The van der Waals surface area contributed by atoms with Gasteiger partial charge in [-0.2, -0.15) is 0 Å². The molecule has 0 aromatic carbocycles. The molecule has 0 aliphatic rings. The van der Waals surface area contributed by atoms with Crippen LogP contribution in [0.15, 0.2) is 16.8 Å². The van der Waals surface area contributed by atoms with Gasteiger partial charge in [0.2, 0.25) is 0 Å². The molecule has 2 aromatic rings. The fourth-order valence-electron chi connectivity index (χ4n) is 1.98. The van der Waals surface area contributed by atoms with E-state index in [-0.39, 0.29) is 12.6 Å². The number of rotatable bonds is 7. The van der Waals surface area contributed by atoms with E-state index in [1.807, 2.05) is 13.0 Å². The lowest BCUT2D eigenvalue weighted by atomic mass is 10.1. The predicted octanol–water partition coefficient (Wildman–Crippen LogP) is 2.20. The molecule has 8 nitrogen and oxygen atoms in total. The van der Waals surface area contributed by atoms with Crippen molar-refractivity contribution in [3.63, 3.8) is 0 Å². The molecule has 8 heteroatoms. The second kappa shape index (κ2) is 7.58. The lowest BCUT2D eigenvalue weighted by molar-refractivity contribution is 0.250. The number of nitrogens with zero attached hydrogens (tertiary/aromatic N) is 4. The molecular weight excluding hydrogens is 284 g/mol. The highest BCUT2D eigenvalue weighted by Crippen LogP contribution is 2.09. The molecule has 0 atom stereocenters. The zero-order valence-electron chi connectivity index (χ0n) is 13.2. The highest BCUT2D eigenvalue weighted by molar-refractivity contribution is 5.87. The van der Waals surface area contributed by atoms with Gasteiger partial charge in [0.25, 0.3) is 0 Å². The van der Waals surface area contributed by atoms with Gasteiger partial charge in [0, 0.05) is 12.6 Å². The Bertz CT molecular complexity index is 604. The van der Waals surface area contributed by atoms with Crippen LogP contribution in [-0.4, -0.2) is 26.2 Å². The zero-order chi connectivity index (χ0) is 15.9. The van der Waals surface area contributed by atoms with Gasteiger partial charge in [-0.15, -0.1) is 5.10 Å². The average molecular weight is 306 g/mol. The van der Waals surface area contributed by atoms with E-state index in [4.69, 9.17) is 4.52 Å². The van der Waals surface area contributed by atoms with E-state index in [0.717, 1.165) is 25.1 Å². The van der Waals surface area contributed by atoms with Gasteiger partial charge in [-0.1, -0.05) is 31.1 Å². The molecule has 2 heterocycles. The van der Waals surface area contributed by atoms with Gasteiger partial charge >= 0.3 is 6.03 Å². The van der Waals surface area contributed by atoms with Crippen LogP contribution in [0.2, 0.25) is 0 Å². The maximum absolute atomic E-state index is 11.8. The third-order valence-electron chi connectivity index (χ3n) is 2.88. The quantitative estimate of drug-likeness (QED) is 0.817. The molecule has 2 N–H and O–H groups in total. The summed E-state index contributed by atoms with van der Waals surface area (Å²) in [6.07, 6.45) is 3.51. The molecule has 2 aromatic heterocycles. The number of urea groups is 1. The topological polar surface area (TPSA) is 97.9 Å². The normalized spacial score (nSPS) is 10.9. The minimum atomic E-state index is -0.356. The van der Waals surface area contributed by atoms with E-state index in [1.165, 1.54) is 0 Å². The average Bonchev–Trinajstić information content (AvgIpc) is 3.06. The summed E-state index contributed by atoms with van der Waals surface area (Å²) in [6.45, 7) is 7.33. The van der Waals surface area contributed by atoms with Crippen LogP contribution in [0.1, 0.15) is 38.6 Å². The summed E-state index contributed by atoms with van der Waals surface area (Å²) in [5.41, 5.74) is 0.898. The summed E-state index contributed by atoms with van der Waals surface area (Å²) in [4.78, 5) is 11.8. The lowest BCUT2D eigenvalue weighted by Gasteiger charge is -2.02. The van der Waals surface area contributed by atoms with E-state index in [0.29, 0.717) is 17.5 Å². The Balaban J connectivity index is 1.78. The summed E-state index contributed by atoms with van der Waals surface area (Å²) in [7, 11) is 0. The number of carbonyl (C=O) groups excluding carboxylic acids is 1. The maximum atomic E-state index is 11.8. The first-order chi connectivity index (χ1) is 10.6. The third-order valence-corrected chi connectivity index (χ3v) is 2.88. The van der Waals surface area contributed by atoms with Gasteiger partial charge in [0.05, 0.1) is 18.4 Å². The molecule has 0 saturated carbocycles. The van der Waals surface area contributed by atoms with Crippen molar-refractivity contribution >= 4 is 11.8 Å². The predicted molar refractivity (Wildman–Crippen MR) is 81.2 cm³/mol. The number of nitrogens with one attached hydrogen (secondary N) is 2. The highest BCUT2D eigenvalue weighted by atomic mass is 16.5. The molecule has 0 fully saturated rings. The second-order valence-corrected chi connectivity index (χ2v) is 5.56. The van der Waals surface area contributed by atoms with Crippen molar-refractivity contribution in [1.82, 2.24) is 25.5 Å². The highest BCUT2D eigenvalue weighted by Gasteiger charge is 2.09. The number of aromatic nitrogens is 4. The summed E-state index contributed by atoms with van der Waals surface area (Å²) < 4.78 is 6.86. The van der Waals surface area contributed by atoms with Crippen LogP contribution in [0.25, 0.3) is 0 Å². The van der Waals surface area contributed by atoms with Gasteiger partial charge < -0.3 is 9.84 Å². The number of carbonyl (C=O) groups is 1. The van der Waals surface area contributed by atoms with Crippen LogP contribution in [0.4, 0.5) is 10.6 Å². The largest absolute Gasteiger partial charge is 0.359 e. The summed E-state index contributed by atoms with van der Waals surface area (Å²) in [5, 5.41) is 17.1. The molecule has 2 amide bonds. The SMILES string of the molecule is CCCn1cc(NC(=O)NCc2cc(CC(C)C)no2)nn1. The number of hydrogen-bond donors (Lipinski definition) is 2. The van der Waals surface area contributed by atoms with E-state index in [2.05, 4.69) is 39.9 Å². The van der Waals surface area contributed by atoms with Crippen molar-refractivity contribution in [3.05, 3.63) is 23.7 Å². The number of amides is 2. The maximum Gasteiger partial charge on any atom is 0.320 e. The Morgan fingerprint density at radius 1 is 1.45 bits per heavy atom. The van der Waals surface area contributed by atoms with Gasteiger partial charge in [-0.3, -0.25) is 10.00 Å². The first-order valence-corrected chi connectivity index (χ1v) is 7.46. The first-order valence-electron chi connectivity index (χ1n) is 7.46.